The summed E-state index contributed by atoms with van der Waals surface area (Å²) in [6.45, 7) is 0.917. The zero-order valence-electron chi connectivity index (χ0n) is 31.6. The van der Waals surface area contributed by atoms with Gasteiger partial charge >= 0.3 is 5.97 Å². The number of hydrogen-bond donors (Lipinski definition) is 7. The molecule has 6 rings (SSSR count). The number of H-pyrrole nitrogens is 1. The van der Waals surface area contributed by atoms with E-state index in [0.717, 1.165) is 27.6 Å². The van der Waals surface area contributed by atoms with Crippen LogP contribution in [0.4, 0.5) is 0 Å². The Bertz CT molecular complexity index is 2230. The van der Waals surface area contributed by atoms with Crippen molar-refractivity contribution in [3.05, 3.63) is 112 Å². The molecule has 13 nitrogen and oxygen atoms in total. The number of fused-ring (bicyclic) bond motifs is 3. The van der Waals surface area contributed by atoms with E-state index in [1.807, 2.05) is 42.6 Å². The molecule has 1 aliphatic rings. The van der Waals surface area contributed by atoms with Gasteiger partial charge < -0.3 is 42.4 Å². The van der Waals surface area contributed by atoms with E-state index in [4.69, 9.17) is 28.1 Å². The van der Waals surface area contributed by atoms with E-state index in [0.29, 0.717) is 58.3 Å². The molecular weight excluding hydrogens is 764 g/mol. The molecule has 0 radical (unpaired) electrons. The molecule has 0 aliphatic carbocycles. The standard InChI is InChI=1S/C42H47ClN8O5S/c1-51-36(21-28-23-47-33-9-3-2-8-30(28)33)39(53)49-24-31-29(25-11-13-26(14-12-25)42(55)56)15-16-32(43)37(31)57-40-27(7-6-20-46-40)22-48-34(17-19-45)38(52)50-35(41(51)54)10-4-5-18-44/h2-3,6-9,11-16,20,23,34-36,47-48H,4-5,10,17-19,21-22,24,44-45H2,1H3,(H,49,53)(H,50,52)(H,55,56)/t34-,35-,36-/m0/s1. The number of nitrogens with one attached hydrogen (secondary N) is 4. The zero-order chi connectivity index (χ0) is 40.5. The fourth-order valence-corrected chi connectivity index (χ4v) is 8.39. The third kappa shape index (κ3) is 9.83. The van der Waals surface area contributed by atoms with Crippen molar-refractivity contribution in [2.45, 2.75) is 73.2 Å². The minimum atomic E-state index is -1.05. The third-order valence-electron chi connectivity index (χ3n) is 10.2. The summed E-state index contributed by atoms with van der Waals surface area (Å²) >= 11 is 8.31. The molecule has 5 aromatic rings. The molecule has 0 spiro atoms. The van der Waals surface area contributed by atoms with Gasteiger partial charge in [-0.15, -0.1) is 0 Å². The number of aromatic carboxylic acids is 1. The monoisotopic (exact) mass is 810 g/mol. The van der Waals surface area contributed by atoms with Crippen LogP contribution in [-0.2, 0) is 33.9 Å². The number of hydrogen-bond acceptors (Lipinski definition) is 9. The minimum absolute atomic E-state index is 0.0137. The largest absolute Gasteiger partial charge is 0.478 e. The molecule has 3 atom stereocenters. The van der Waals surface area contributed by atoms with E-state index in [1.54, 1.807) is 37.5 Å². The molecule has 1 aliphatic heterocycles. The quantitative estimate of drug-likeness (QED) is 0.0954. The first-order valence-electron chi connectivity index (χ1n) is 18.9. The number of carboxylic acid groups (broad SMARTS) is 1. The highest BCUT2D eigenvalue weighted by atomic mass is 35.5. The Balaban J connectivity index is 1.48. The molecule has 0 unspecified atom stereocenters. The van der Waals surface area contributed by atoms with Gasteiger partial charge in [0.15, 0.2) is 0 Å². The lowest BCUT2D eigenvalue weighted by atomic mass is 9.98. The third-order valence-corrected chi connectivity index (χ3v) is 11.9. The van der Waals surface area contributed by atoms with E-state index in [9.17, 15) is 24.3 Å². The van der Waals surface area contributed by atoms with E-state index >= 15 is 0 Å². The van der Waals surface area contributed by atoms with E-state index < -0.39 is 35.9 Å². The summed E-state index contributed by atoms with van der Waals surface area (Å²) in [4.78, 5) is 64.9. The first-order chi connectivity index (χ1) is 27.6. The van der Waals surface area contributed by atoms with Crippen LogP contribution in [0.5, 0.6) is 0 Å². The molecule has 2 aromatic heterocycles. The number of pyridine rings is 1. The Labute approximate surface area is 340 Å². The number of nitrogens with zero attached hydrogens (tertiary/aromatic N) is 2. The number of nitrogens with two attached hydrogens (primary N) is 2. The molecule has 0 saturated heterocycles. The summed E-state index contributed by atoms with van der Waals surface area (Å²) in [5.41, 5.74) is 16.6. The second kappa shape index (κ2) is 19.3. The van der Waals surface area contributed by atoms with Gasteiger partial charge in [0.05, 0.1) is 16.6 Å². The van der Waals surface area contributed by atoms with Gasteiger partial charge in [-0.3, -0.25) is 14.4 Å². The van der Waals surface area contributed by atoms with Gasteiger partial charge in [-0.05, 0) is 96.9 Å². The van der Waals surface area contributed by atoms with Crippen molar-refractivity contribution in [3.8, 4) is 11.1 Å². The molecule has 0 saturated carbocycles. The summed E-state index contributed by atoms with van der Waals surface area (Å²) in [5, 5.41) is 21.0. The second-order valence-electron chi connectivity index (χ2n) is 14.0. The number of rotatable bonds is 10. The van der Waals surface area contributed by atoms with Gasteiger partial charge in [0.1, 0.15) is 17.1 Å². The maximum atomic E-state index is 14.6. The average molecular weight is 811 g/mol. The van der Waals surface area contributed by atoms with Gasteiger partial charge in [-0.2, -0.15) is 0 Å². The Morgan fingerprint density at radius 2 is 1.72 bits per heavy atom. The normalized spacial score (nSPS) is 18.4. The summed E-state index contributed by atoms with van der Waals surface area (Å²) in [5.74, 6) is -2.26. The molecular formula is C42H47ClN8O5S. The van der Waals surface area contributed by atoms with Gasteiger partial charge in [-0.1, -0.05) is 65.8 Å². The molecule has 9 N–H and O–H groups in total. The summed E-state index contributed by atoms with van der Waals surface area (Å²) in [7, 11) is 1.59. The highest BCUT2D eigenvalue weighted by Crippen LogP contribution is 2.41. The molecule has 298 valence electrons. The van der Waals surface area contributed by atoms with Crippen molar-refractivity contribution < 1.29 is 24.3 Å². The zero-order valence-corrected chi connectivity index (χ0v) is 33.2. The van der Waals surface area contributed by atoms with Crippen molar-refractivity contribution in [1.29, 1.82) is 0 Å². The van der Waals surface area contributed by atoms with E-state index in [-0.39, 0.29) is 37.5 Å². The highest BCUT2D eigenvalue weighted by molar-refractivity contribution is 7.99. The van der Waals surface area contributed by atoms with Crippen molar-refractivity contribution >= 4 is 58.0 Å². The lowest BCUT2D eigenvalue weighted by Gasteiger charge is -2.32. The van der Waals surface area contributed by atoms with E-state index in [2.05, 4.69) is 20.9 Å². The number of amides is 3. The van der Waals surface area contributed by atoms with E-state index in [1.165, 1.54) is 28.8 Å². The van der Waals surface area contributed by atoms with Crippen LogP contribution in [0.2, 0.25) is 5.02 Å². The molecule has 57 heavy (non-hydrogen) atoms. The van der Waals surface area contributed by atoms with Crippen LogP contribution in [0.3, 0.4) is 0 Å². The molecule has 3 amide bonds. The van der Waals surface area contributed by atoms with Crippen LogP contribution >= 0.6 is 23.4 Å². The van der Waals surface area contributed by atoms with Gasteiger partial charge in [-0.25, -0.2) is 9.78 Å². The molecule has 0 bridgehead atoms. The Hall–Kier alpha value is -5.25. The number of halogens is 1. The number of benzene rings is 3. The van der Waals surface area contributed by atoms with Crippen LogP contribution in [-0.4, -0.2) is 81.9 Å². The number of carbonyl (C=O) groups is 4. The number of likely N-dealkylation sites (N-methyl/N-ethyl adjacent to an activating group) is 1. The van der Waals surface area contributed by atoms with Crippen LogP contribution in [0.25, 0.3) is 22.0 Å². The minimum Gasteiger partial charge on any atom is -0.478 e. The SMILES string of the molecule is CN1C(=O)[C@H](CCCCN)NC(=O)[C@H](CCN)NCc2cccnc2Sc2c(Cl)ccc(-c3ccc(C(=O)O)cc3)c2CNC(=O)[C@@H]1Cc1c[nH]c2ccccc12. The predicted octanol–water partition coefficient (Wildman–Crippen LogP) is 4.85. The molecule has 0 fully saturated rings. The van der Waals surface area contributed by atoms with Crippen molar-refractivity contribution in [3.63, 3.8) is 0 Å². The lowest BCUT2D eigenvalue weighted by Crippen LogP contribution is -2.57. The van der Waals surface area contributed by atoms with Crippen molar-refractivity contribution in [1.82, 2.24) is 30.8 Å². The Kier molecular flexibility index (Phi) is 14.0. The maximum absolute atomic E-state index is 14.6. The summed E-state index contributed by atoms with van der Waals surface area (Å²) in [6.07, 6.45) is 5.55. The fraction of sp³-hybridized carbons (Fsp3) is 0.310. The molecule has 3 heterocycles. The Morgan fingerprint density at radius 1 is 0.930 bits per heavy atom. The topological polar surface area (TPSA) is 209 Å². The van der Waals surface area contributed by atoms with Crippen LogP contribution in [0.1, 0.15) is 52.7 Å². The summed E-state index contributed by atoms with van der Waals surface area (Å²) in [6, 6.07) is 18.9. The highest BCUT2D eigenvalue weighted by Gasteiger charge is 2.34. The first kappa shape index (κ1) is 41.4. The molecule has 15 heteroatoms. The van der Waals surface area contributed by atoms with Gasteiger partial charge in [0, 0.05) is 54.8 Å². The first-order valence-corrected chi connectivity index (χ1v) is 20.1. The number of aromatic amines is 1. The summed E-state index contributed by atoms with van der Waals surface area (Å²) < 4.78 is 0. The smallest absolute Gasteiger partial charge is 0.335 e. The van der Waals surface area contributed by atoms with Crippen molar-refractivity contribution in [2.75, 3.05) is 20.1 Å². The number of carboxylic acids is 1. The maximum Gasteiger partial charge on any atom is 0.335 e. The lowest BCUT2D eigenvalue weighted by molar-refractivity contribution is -0.142. The Morgan fingerprint density at radius 3 is 2.47 bits per heavy atom. The van der Waals surface area contributed by atoms with Crippen molar-refractivity contribution in [2.24, 2.45) is 11.5 Å². The van der Waals surface area contributed by atoms with Crippen LogP contribution in [0.15, 0.2) is 95.1 Å². The fourth-order valence-electron chi connectivity index (χ4n) is 7.05. The molecule has 3 aromatic carbocycles. The number of unbranched alkanes of at least 4 members (excludes halogenated alkanes) is 1. The number of carbonyl (C=O) groups excluding carboxylic acids is 3. The second-order valence-corrected chi connectivity index (χ2v) is 15.4. The van der Waals surface area contributed by atoms with Crippen LogP contribution in [0, 0.1) is 0 Å². The average Bonchev–Trinajstić information content (AvgIpc) is 3.63. The van der Waals surface area contributed by atoms with Crippen LogP contribution < -0.4 is 27.4 Å². The number of para-hydroxylation sites is 1. The number of aromatic nitrogens is 2. The predicted molar refractivity (Wildman–Crippen MR) is 222 cm³/mol. The van der Waals surface area contributed by atoms with Gasteiger partial charge in [0.25, 0.3) is 0 Å². The van der Waals surface area contributed by atoms with Gasteiger partial charge in [0.2, 0.25) is 17.7 Å².